The van der Waals surface area contributed by atoms with E-state index in [2.05, 4.69) is 18.6 Å². The molecule has 0 N–H and O–H groups in total. The summed E-state index contributed by atoms with van der Waals surface area (Å²) < 4.78 is 4.11. The van der Waals surface area contributed by atoms with Crippen molar-refractivity contribution in [3.8, 4) is 0 Å². The van der Waals surface area contributed by atoms with Gasteiger partial charge < -0.3 is 4.74 Å². The average molecular weight is 239 g/mol. The molecule has 94 valence electrons. The molecule has 0 fully saturated rings. The Balaban J connectivity index is 0.000000437. The summed E-state index contributed by atoms with van der Waals surface area (Å²) in [6.45, 7) is 5.47. The lowest BCUT2D eigenvalue weighted by Gasteiger charge is -2.02. The Hall–Kier alpha value is -1.91. The minimum Gasteiger partial charge on any atom is -0.469 e. The Labute approximate surface area is 101 Å². The van der Waals surface area contributed by atoms with E-state index in [-0.39, 0.29) is 16.6 Å². The monoisotopic (exact) mass is 239 g/mol. The van der Waals surface area contributed by atoms with Gasteiger partial charge in [-0.25, -0.2) is 0 Å². The van der Waals surface area contributed by atoms with Crippen molar-refractivity contribution in [1.82, 2.24) is 0 Å². The predicted molar refractivity (Wildman–Crippen MR) is 64.9 cm³/mol. The van der Waals surface area contributed by atoms with Crippen LogP contribution >= 0.6 is 0 Å². The quantitative estimate of drug-likeness (QED) is 0.452. The fourth-order valence-corrected chi connectivity index (χ4v) is 0.981. The molecule has 0 heterocycles. The third-order valence-corrected chi connectivity index (χ3v) is 2.06. The van der Waals surface area contributed by atoms with Crippen LogP contribution in [-0.4, -0.2) is 18.0 Å². The van der Waals surface area contributed by atoms with Crippen molar-refractivity contribution in [1.29, 1.82) is 0 Å². The first-order valence-electron chi connectivity index (χ1n) is 5.17. The van der Waals surface area contributed by atoms with Crippen LogP contribution in [0.2, 0.25) is 0 Å². The fraction of sp³-hybridized carbons (Fsp3) is 0.417. The number of benzene rings is 1. The third-order valence-electron chi connectivity index (χ3n) is 2.06. The van der Waals surface area contributed by atoms with Crippen LogP contribution in [0.1, 0.15) is 32.3 Å². The van der Waals surface area contributed by atoms with Crippen LogP contribution in [-0.2, 0) is 9.53 Å². The molecule has 0 saturated heterocycles. The Morgan fingerprint density at radius 1 is 1.29 bits per heavy atom. The summed E-state index contributed by atoms with van der Waals surface area (Å²) in [6.07, 6.45) is 0. The van der Waals surface area contributed by atoms with E-state index >= 15 is 0 Å². The summed E-state index contributed by atoms with van der Waals surface area (Å²) in [6, 6.07) is 6.66. The molecule has 0 saturated carbocycles. The lowest BCUT2D eigenvalue weighted by atomic mass is 10.0. The van der Waals surface area contributed by atoms with E-state index in [0.29, 0.717) is 5.92 Å². The zero-order valence-electron chi connectivity index (χ0n) is 10.5. The van der Waals surface area contributed by atoms with Gasteiger partial charge >= 0.3 is 5.97 Å². The number of rotatable bonds is 2. The van der Waals surface area contributed by atoms with E-state index in [9.17, 15) is 14.9 Å². The van der Waals surface area contributed by atoms with Crippen molar-refractivity contribution in [2.75, 3.05) is 7.11 Å². The maximum Gasteiger partial charge on any atom is 0.302 e. The SMILES string of the molecule is CC(C)c1ccc([N+](=O)[O-])cc1.COC(C)=O. The Morgan fingerprint density at radius 3 is 1.94 bits per heavy atom. The molecule has 0 spiro atoms. The van der Waals surface area contributed by atoms with Crippen molar-refractivity contribution in [3.05, 3.63) is 39.9 Å². The summed E-state index contributed by atoms with van der Waals surface area (Å²) in [5, 5.41) is 10.3. The molecule has 5 nitrogen and oxygen atoms in total. The van der Waals surface area contributed by atoms with Crippen LogP contribution in [0, 0.1) is 10.1 Å². The summed E-state index contributed by atoms with van der Waals surface area (Å²) in [4.78, 5) is 19.5. The first kappa shape index (κ1) is 15.1. The number of nitro benzene ring substituents is 1. The minimum atomic E-state index is -0.385. The van der Waals surface area contributed by atoms with E-state index in [0.717, 1.165) is 5.56 Å². The second kappa shape index (κ2) is 7.38. The summed E-state index contributed by atoms with van der Waals surface area (Å²) >= 11 is 0. The van der Waals surface area contributed by atoms with E-state index < -0.39 is 0 Å². The molecule has 17 heavy (non-hydrogen) atoms. The Bertz CT molecular complexity index is 371. The van der Waals surface area contributed by atoms with Gasteiger partial charge in [-0.15, -0.1) is 0 Å². The number of esters is 1. The molecule has 1 rings (SSSR count). The van der Waals surface area contributed by atoms with E-state index in [1.54, 1.807) is 12.1 Å². The van der Waals surface area contributed by atoms with Crippen LogP contribution in [0.25, 0.3) is 0 Å². The van der Waals surface area contributed by atoms with Crippen LogP contribution < -0.4 is 0 Å². The van der Waals surface area contributed by atoms with Crippen LogP contribution in [0.3, 0.4) is 0 Å². The van der Waals surface area contributed by atoms with Crippen molar-refractivity contribution >= 4 is 11.7 Å². The van der Waals surface area contributed by atoms with Gasteiger partial charge in [-0.3, -0.25) is 14.9 Å². The van der Waals surface area contributed by atoms with Crippen LogP contribution in [0.5, 0.6) is 0 Å². The molecule has 0 aliphatic carbocycles. The number of carbonyl (C=O) groups excluding carboxylic acids is 1. The summed E-state index contributed by atoms with van der Waals surface area (Å²) in [5.74, 6) is 0.177. The zero-order valence-corrected chi connectivity index (χ0v) is 10.5. The molecule has 5 heteroatoms. The van der Waals surface area contributed by atoms with Gasteiger partial charge in [0.15, 0.2) is 0 Å². The van der Waals surface area contributed by atoms with Crippen molar-refractivity contribution in [2.24, 2.45) is 0 Å². The molecule has 0 aliphatic heterocycles. The van der Waals surface area contributed by atoms with Gasteiger partial charge in [0.05, 0.1) is 12.0 Å². The molecule has 0 aromatic heterocycles. The van der Waals surface area contributed by atoms with E-state index in [1.165, 1.54) is 26.2 Å². The minimum absolute atomic E-state index is 0.152. The van der Waals surface area contributed by atoms with Crippen molar-refractivity contribution in [2.45, 2.75) is 26.7 Å². The normalized spacial score (nSPS) is 9.24. The average Bonchev–Trinajstić information content (AvgIpc) is 2.29. The van der Waals surface area contributed by atoms with Gasteiger partial charge in [-0.1, -0.05) is 26.0 Å². The summed E-state index contributed by atoms with van der Waals surface area (Å²) in [5.41, 5.74) is 1.28. The second-order valence-corrected chi connectivity index (χ2v) is 3.70. The number of carbonyl (C=O) groups is 1. The lowest BCUT2D eigenvalue weighted by molar-refractivity contribution is -0.384. The number of non-ortho nitro benzene ring substituents is 1. The molecule has 0 bridgehead atoms. The number of ether oxygens (including phenoxy) is 1. The molecule has 0 amide bonds. The molecule has 0 radical (unpaired) electrons. The van der Waals surface area contributed by atoms with Crippen LogP contribution in [0.4, 0.5) is 5.69 Å². The number of nitrogens with zero attached hydrogens (tertiary/aromatic N) is 1. The van der Waals surface area contributed by atoms with Crippen molar-refractivity contribution in [3.63, 3.8) is 0 Å². The number of hydrogen-bond acceptors (Lipinski definition) is 4. The highest BCUT2D eigenvalue weighted by molar-refractivity contribution is 5.65. The van der Waals surface area contributed by atoms with E-state index in [1.807, 2.05) is 0 Å². The van der Waals surface area contributed by atoms with Crippen molar-refractivity contribution < 1.29 is 14.5 Å². The highest BCUT2D eigenvalue weighted by Gasteiger charge is 2.04. The first-order valence-corrected chi connectivity index (χ1v) is 5.17. The number of methoxy groups -OCH3 is 1. The highest BCUT2D eigenvalue weighted by Crippen LogP contribution is 2.17. The fourth-order valence-electron chi connectivity index (χ4n) is 0.981. The Morgan fingerprint density at radius 2 is 1.71 bits per heavy atom. The maximum atomic E-state index is 10.3. The molecule has 0 unspecified atom stereocenters. The molecular formula is C12H17NO4. The smallest absolute Gasteiger partial charge is 0.302 e. The molecule has 0 atom stereocenters. The van der Waals surface area contributed by atoms with Gasteiger partial charge in [-0.2, -0.15) is 0 Å². The largest absolute Gasteiger partial charge is 0.469 e. The molecular weight excluding hydrogens is 222 g/mol. The molecule has 1 aromatic rings. The predicted octanol–water partition coefficient (Wildman–Crippen LogP) is 2.90. The number of hydrogen-bond donors (Lipinski definition) is 0. The lowest BCUT2D eigenvalue weighted by Crippen LogP contribution is -1.90. The van der Waals surface area contributed by atoms with Gasteiger partial charge in [0.1, 0.15) is 0 Å². The third kappa shape index (κ3) is 6.29. The van der Waals surface area contributed by atoms with Gasteiger partial charge in [0, 0.05) is 19.1 Å². The topological polar surface area (TPSA) is 69.4 Å². The zero-order chi connectivity index (χ0) is 13.4. The Kier molecular flexibility index (Phi) is 6.55. The first-order chi connectivity index (χ1) is 7.88. The van der Waals surface area contributed by atoms with Crippen LogP contribution in [0.15, 0.2) is 24.3 Å². The molecule has 1 aromatic carbocycles. The van der Waals surface area contributed by atoms with E-state index in [4.69, 9.17) is 0 Å². The van der Waals surface area contributed by atoms with Gasteiger partial charge in [0.25, 0.3) is 5.69 Å². The standard InChI is InChI=1S/C9H11NO2.C3H6O2/c1-7(2)8-3-5-9(6-4-8)10(11)12;1-3(4)5-2/h3-7H,1-2H3;1-2H3. The van der Waals surface area contributed by atoms with Gasteiger partial charge in [-0.05, 0) is 11.5 Å². The summed E-state index contributed by atoms with van der Waals surface area (Å²) in [7, 11) is 1.35. The second-order valence-electron chi connectivity index (χ2n) is 3.70. The molecule has 0 aliphatic rings. The van der Waals surface area contributed by atoms with Gasteiger partial charge in [0.2, 0.25) is 0 Å². The maximum absolute atomic E-state index is 10.3. The highest BCUT2D eigenvalue weighted by atomic mass is 16.6. The number of nitro groups is 1.